The number of halogens is 1. The second kappa shape index (κ2) is 8.64. The fraction of sp³-hybridized carbons (Fsp3) is 0.533. The lowest BCUT2D eigenvalue weighted by Crippen LogP contribution is -2.34. The maximum absolute atomic E-state index is 12.8. The summed E-state index contributed by atoms with van der Waals surface area (Å²) in [6, 6.07) is 6.42. The van der Waals surface area contributed by atoms with Crippen LogP contribution in [-0.2, 0) is 16.0 Å². The smallest absolute Gasteiger partial charge is 0.307 e. The van der Waals surface area contributed by atoms with E-state index in [1.807, 2.05) is 0 Å². The number of methoxy groups -OCH3 is 1. The number of ether oxygens (including phenoxy) is 1. The van der Waals surface area contributed by atoms with E-state index >= 15 is 0 Å². The summed E-state index contributed by atoms with van der Waals surface area (Å²) < 4.78 is 17.6. The summed E-state index contributed by atoms with van der Waals surface area (Å²) in [4.78, 5) is 11.4. The van der Waals surface area contributed by atoms with Crippen molar-refractivity contribution in [3.63, 3.8) is 0 Å². The van der Waals surface area contributed by atoms with Gasteiger partial charge >= 0.3 is 5.97 Å². The highest BCUT2D eigenvalue weighted by atomic mass is 19.1. The largest absolute Gasteiger partial charge is 0.469 e. The quantitative estimate of drug-likeness (QED) is 0.581. The van der Waals surface area contributed by atoms with Gasteiger partial charge in [0.1, 0.15) is 5.82 Å². The molecule has 0 aliphatic rings. The summed E-state index contributed by atoms with van der Waals surface area (Å²) in [5.41, 5.74) is 1.01. The van der Waals surface area contributed by atoms with Crippen molar-refractivity contribution in [2.75, 3.05) is 13.7 Å². The van der Waals surface area contributed by atoms with E-state index in [0.717, 1.165) is 24.9 Å². The third-order valence-electron chi connectivity index (χ3n) is 3.00. The molecule has 1 rings (SSSR count). The van der Waals surface area contributed by atoms with Crippen molar-refractivity contribution in [2.24, 2.45) is 0 Å². The molecule has 0 aliphatic carbocycles. The number of hydrogen-bond donors (Lipinski definition) is 1. The van der Waals surface area contributed by atoms with E-state index in [2.05, 4.69) is 12.2 Å². The first-order valence-corrected chi connectivity index (χ1v) is 6.70. The van der Waals surface area contributed by atoms with Gasteiger partial charge in [-0.3, -0.25) is 4.79 Å². The molecule has 1 atom stereocenters. The number of benzene rings is 1. The molecule has 4 heteroatoms. The molecule has 0 radical (unpaired) electrons. The Labute approximate surface area is 114 Å². The zero-order chi connectivity index (χ0) is 14.1. The molecule has 0 saturated heterocycles. The molecule has 1 aromatic rings. The van der Waals surface area contributed by atoms with Crippen LogP contribution in [0.3, 0.4) is 0 Å². The predicted octanol–water partition coefficient (Wildman–Crippen LogP) is 2.69. The zero-order valence-electron chi connectivity index (χ0n) is 11.6. The van der Waals surface area contributed by atoms with E-state index in [4.69, 9.17) is 4.74 Å². The second-order valence-corrected chi connectivity index (χ2v) is 4.62. The molecule has 1 N–H and O–H groups in total. The van der Waals surface area contributed by atoms with Crippen LogP contribution in [0, 0.1) is 5.82 Å². The number of nitrogens with one attached hydrogen (secondary N) is 1. The highest BCUT2D eigenvalue weighted by molar-refractivity contribution is 5.69. The third-order valence-corrected chi connectivity index (χ3v) is 3.00. The molecule has 106 valence electrons. The second-order valence-electron chi connectivity index (χ2n) is 4.62. The highest BCUT2D eigenvalue weighted by Gasteiger charge is 2.14. The minimum atomic E-state index is -0.243. The van der Waals surface area contributed by atoms with Crippen molar-refractivity contribution in [3.8, 4) is 0 Å². The van der Waals surface area contributed by atoms with E-state index < -0.39 is 0 Å². The molecule has 0 heterocycles. The van der Waals surface area contributed by atoms with Gasteiger partial charge in [-0.05, 0) is 37.1 Å². The van der Waals surface area contributed by atoms with Crippen molar-refractivity contribution in [1.29, 1.82) is 0 Å². The van der Waals surface area contributed by atoms with Crippen LogP contribution in [0.5, 0.6) is 0 Å². The maximum Gasteiger partial charge on any atom is 0.307 e. The van der Waals surface area contributed by atoms with Gasteiger partial charge in [0, 0.05) is 6.04 Å². The molecule has 0 amide bonds. The monoisotopic (exact) mass is 267 g/mol. The number of unbranched alkanes of at least 4 members (excludes halogenated alkanes) is 1. The van der Waals surface area contributed by atoms with E-state index in [9.17, 15) is 9.18 Å². The number of rotatable bonds is 8. The molecule has 1 unspecified atom stereocenters. The minimum Gasteiger partial charge on any atom is -0.469 e. The van der Waals surface area contributed by atoms with Gasteiger partial charge in [0.15, 0.2) is 0 Å². The molecule has 19 heavy (non-hydrogen) atoms. The SMILES string of the molecule is CCCCNC(CC(=O)OC)Cc1ccc(F)cc1. The van der Waals surface area contributed by atoms with Gasteiger partial charge in [-0.2, -0.15) is 0 Å². The van der Waals surface area contributed by atoms with Crippen molar-refractivity contribution < 1.29 is 13.9 Å². The normalized spacial score (nSPS) is 12.2. The molecular weight excluding hydrogens is 245 g/mol. The van der Waals surface area contributed by atoms with Gasteiger partial charge in [-0.25, -0.2) is 4.39 Å². The Morgan fingerprint density at radius 3 is 2.63 bits per heavy atom. The molecule has 1 aromatic carbocycles. The van der Waals surface area contributed by atoms with Crippen LogP contribution in [-0.4, -0.2) is 25.7 Å². The molecule has 0 aromatic heterocycles. The summed E-state index contributed by atoms with van der Waals surface area (Å²) >= 11 is 0. The topological polar surface area (TPSA) is 38.3 Å². The molecule has 0 fully saturated rings. The van der Waals surface area contributed by atoms with Crippen molar-refractivity contribution in [3.05, 3.63) is 35.6 Å². The molecule has 0 aliphatic heterocycles. The average molecular weight is 267 g/mol. The summed E-state index contributed by atoms with van der Waals surface area (Å²) in [6.07, 6.45) is 3.20. The zero-order valence-corrected chi connectivity index (χ0v) is 11.6. The lowest BCUT2D eigenvalue weighted by atomic mass is 10.0. The van der Waals surface area contributed by atoms with Gasteiger partial charge < -0.3 is 10.1 Å². The van der Waals surface area contributed by atoms with Crippen LogP contribution in [0.2, 0.25) is 0 Å². The fourth-order valence-corrected chi connectivity index (χ4v) is 1.89. The fourth-order valence-electron chi connectivity index (χ4n) is 1.89. The molecule has 0 spiro atoms. The highest BCUT2D eigenvalue weighted by Crippen LogP contribution is 2.08. The summed E-state index contributed by atoms with van der Waals surface area (Å²) in [5, 5.41) is 3.35. The Hall–Kier alpha value is -1.42. The van der Waals surface area contributed by atoms with E-state index in [-0.39, 0.29) is 17.8 Å². The molecule has 0 saturated carbocycles. The van der Waals surface area contributed by atoms with Gasteiger partial charge in [-0.15, -0.1) is 0 Å². The lowest BCUT2D eigenvalue weighted by molar-refractivity contribution is -0.141. The van der Waals surface area contributed by atoms with Crippen LogP contribution in [0.15, 0.2) is 24.3 Å². The Kier molecular flexibility index (Phi) is 7.11. The number of esters is 1. The van der Waals surface area contributed by atoms with Gasteiger partial charge in [0.05, 0.1) is 13.5 Å². The van der Waals surface area contributed by atoms with Crippen molar-refractivity contribution in [2.45, 2.75) is 38.6 Å². The third kappa shape index (κ3) is 6.34. The van der Waals surface area contributed by atoms with Crippen LogP contribution in [0.4, 0.5) is 4.39 Å². The molecule has 3 nitrogen and oxygen atoms in total. The number of carbonyl (C=O) groups is 1. The van der Waals surface area contributed by atoms with Crippen LogP contribution < -0.4 is 5.32 Å². The average Bonchev–Trinajstić information content (AvgIpc) is 2.41. The Morgan fingerprint density at radius 1 is 1.37 bits per heavy atom. The first-order chi connectivity index (χ1) is 9.15. The minimum absolute atomic E-state index is 0.0319. The predicted molar refractivity (Wildman–Crippen MR) is 73.4 cm³/mol. The maximum atomic E-state index is 12.8. The van der Waals surface area contributed by atoms with E-state index in [1.165, 1.54) is 19.2 Å². The van der Waals surface area contributed by atoms with E-state index in [1.54, 1.807) is 12.1 Å². The summed E-state index contributed by atoms with van der Waals surface area (Å²) in [5.74, 6) is -0.469. The van der Waals surface area contributed by atoms with Gasteiger partial charge in [0.2, 0.25) is 0 Å². The van der Waals surface area contributed by atoms with Crippen LogP contribution in [0.25, 0.3) is 0 Å². The number of carbonyl (C=O) groups excluding carboxylic acids is 1. The standard InChI is InChI=1S/C15H22FNO2/c1-3-4-9-17-14(11-15(18)19-2)10-12-5-7-13(16)8-6-12/h5-8,14,17H,3-4,9-11H2,1-2H3. The number of hydrogen-bond acceptors (Lipinski definition) is 3. The molecule has 0 bridgehead atoms. The van der Waals surface area contributed by atoms with Crippen LogP contribution >= 0.6 is 0 Å². The first-order valence-electron chi connectivity index (χ1n) is 6.70. The van der Waals surface area contributed by atoms with Crippen molar-refractivity contribution in [1.82, 2.24) is 5.32 Å². The van der Waals surface area contributed by atoms with Crippen molar-refractivity contribution >= 4 is 5.97 Å². The van der Waals surface area contributed by atoms with Crippen LogP contribution in [0.1, 0.15) is 31.7 Å². The molecular formula is C15H22FNO2. The van der Waals surface area contributed by atoms with Gasteiger partial charge in [-0.1, -0.05) is 25.5 Å². The Bertz CT molecular complexity index is 378. The lowest BCUT2D eigenvalue weighted by Gasteiger charge is -2.17. The summed E-state index contributed by atoms with van der Waals surface area (Å²) in [7, 11) is 1.39. The Balaban J connectivity index is 2.56. The first kappa shape index (κ1) is 15.6. The Morgan fingerprint density at radius 2 is 2.05 bits per heavy atom. The van der Waals surface area contributed by atoms with Gasteiger partial charge in [0.25, 0.3) is 0 Å². The summed E-state index contributed by atoms with van der Waals surface area (Å²) in [6.45, 7) is 3.00. The van der Waals surface area contributed by atoms with E-state index in [0.29, 0.717) is 12.8 Å².